The third-order valence-electron chi connectivity index (χ3n) is 1.69. The van der Waals surface area contributed by atoms with Crippen LogP contribution in [0.2, 0.25) is 0 Å². The Morgan fingerprint density at radius 3 is 3.09 bits per heavy atom. The molecule has 0 atom stereocenters. The number of nitrogens with one attached hydrogen (secondary N) is 1. The first-order valence-corrected chi connectivity index (χ1v) is 3.27. The normalized spacial score (nSPS) is 14.5. The fourth-order valence-corrected chi connectivity index (χ4v) is 1.11. The predicted octanol–water partition coefficient (Wildman–Crippen LogP) is 1.68. The zero-order valence-corrected chi connectivity index (χ0v) is 5.73. The highest BCUT2D eigenvalue weighted by Crippen LogP contribution is 2.19. The van der Waals surface area contributed by atoms with Crippen LogP contribution in [0, 0.1) is 11.2 Å². The monoisotopic (exact) mass is 151 g/mol. The van der Waals surface area contributed by atoms with E-state index < -0.39 is 0 Å². The van der Waals surface area contributed by atoms with E-state index in [0.717, 1.165) is 5.56 Å². The molecule has 1 heterocycles. The van der Waals surface area contributed by atoms with E-state index >= 15 is 0 Å². The van der Waals surface area contributed by atoms with Gasteiger partial charge in [-0.1, -0.05) is 6.07 Å². The van der Waals surface area contributed by atoms with E-state index in [-0.39, 0.29) is 11.7 Å². The maximum Gasteiger partial charge on any atom is 0.214 e. The van der Waals surface area contributed by atoms with Gasteiger partial charge in [-0.2, -0.15) is 0 Å². The summed E-state index contributed by atoms with van der Waals surface area (Å²) in [5, 5.41) is 7.24. The van der Waals surface area contributed by atoms with Crippen molar-refractivity contribution in [2.24, 2.45) is 0 Å². The topological polar surface area (TPSA) is 33.1 Å². The standard InChI is InChI=1S/C8H6FNO/c9-6-2-1-5-4-11-8(10)7(5)3-6/h1-3,10H,4H2. The average molecular weight is 151 g/mol. The lowest BCUT2D eigenvalue weighted by Crippen LogP contribution is -1.93. The Labute approximate surface area is 63.1 Å². The van der Waals surface area contributed by atoms with E-state index in [1.807, 2.05) is 0 Å². The van der Waals surface area contributed by atoms with Crippen molar-refractivity contribution >= 4 is 5.90 Å². The van der Waals surface area contributed by atoms with Gasteiger partial charge in [-0.05, 0) is 12.1 Å². The Kier molecular flexibility index (Phi) is 1.18. The summed E-state index contributed by atoms with van der Waals surface area (Å²) in [5.74, 6) is -0.251. The highest BCUT2D eigenvalue weighted by atomic mass is 19.1. The second kappa shape index (κ2) is 2.05. The van der Waals surface area contributed by atoms with Gasteiger partial charge in [0, 0.05) is 11.1 Å². The molecule has 0 saturated carbocycles. The molecule has 56 valence electrons. The summed E-state index contributed by atoms with van der Waals surface area (Å²) in [5.41, 5.74) is 1.46. The minimum atomic E-state index is -0.320. The third-order valence-corrected chi connectivity index (χ3v) is 1.69. The second-order valence-corrected chi connectivity index (χ2v) is 2.42. The van der Waals surface area contributed by atoms with Crippen LogP contribution in [0.1, 0.15) is 11.1 Å². The van der Waals surface area contributed by atoms with Crippen LogP contribution in [0.4, 0.5) is 4.39 Å². The molecule has 11 heavy (non-hydrogen) atoms. The predicted molar refractivity (Wildman–Crippen MR) is 38.0 cm³/mol. The molecule has 2 nitrogen and oxygen atoms in total. The number of benzene rings is 1. The van der Waals surface area contributed by atoms with Gasteiger partial charge in [0.25, 0.3) is 0 Å². The molecule has 0 aliphatic carbocycles. The third kappa shape index (κ3) is 0.888. The van der Waals surface area contributed by atoms with Crippen LogP contribution in [-0.2, 0) is 11.3 Å². The molecule has 0 saturated heterocycles. The van der Waals surface area contributed by atoms with Gasteiger partial charge >= 0.3 is 0 Å². The largest absolute Gasteiger partial charge is 0.473 e. The first kappa shape index (κ1) is 6.34. The van der Waals surface area contributed by atoms with Crippen molar-refractivity contribution in [3.8, 4) is 0 Å². The number of rotatable bonds is 0. The average Bonchev–Trinajstić information content (AvgIpc) is 2.33. The molecule has 3 heteroatoms. The van der Waals surface area contributed by atoms with Crippen LogP contribution < -0.4 is 0 Å². The lowest BCUT2D eigenvalue weighted by Gasteiger charge is -1.93. The van der Waals surface area contributed by atoms with Crippen molar-refractivity contribution in [1.29, 1.82) is 5.41 Å². The fraction of sp³-hybridized carbons (Fsp3) is 0.125. The number of fused-ring (bicyclic) bond motifs is 1. The molecule has 0 amide bonds. The minimum Gasteiger partial charge on any atom is -0.473 e. The summed E-state index contributed by atoms with van der Waals surface area (Å²) in [7, 11) is 0. The van der Waals surface area contributed by atoms with E-state index in [1.54, 1.807) is 6.07 Å². The summed E-state index contributed by atoms with van der Waals surface area (Å²) >= 11 is 0. The molecule has 1 aromatic carbocycles. The summed E-state index contributed by atoms with van der Waals surface area (Å²) in [6.07, 6.45) is 0. The summed E-state index contributed by atoms with van der Waals surface area (Å²) < 4.78 is 17.5. The fourth-order valence-electron chi connectivity index (χ4n) is 1.11. The molecule has 0 fully saturated rings. The van der Waals surface area contributed by atoms with E-state index in [4.69, 9.17) is 10.1 Å². The highest BCUT2D eigenvalue weighted by molar-refractivity contribution is 5.95. The summed E-state index contributed by atoms with van der Waals surface area (Å²) in [4.78, 5) is 0. The van der Waals surface area contributed by atoms with Crippen LogP contribution >= 0.6 is 0 Å². The first-order valence-electron chi connectivity index (χ1n) is 3.27. The van der Waals surface area contributed by atoms with Gasteiger partial charge in [-0.25, -0.2) is 4.39 Å². The molecule has 0 unspecified atom stereocenters. The van der Waals surface area contributed by atoms with Crippen molar-refractivity contribution in [2.45, 2.75) is 6.61 Å². The first-order chi connectivity index (χ1) is 5.27. The van der Waals surface area contributed by atoms with Gasteiger partial charge in [0.2, 0.25) is 5.90 Å². The Bertz CT molecular complexity index is 322. The van der Waals surface area contributed by atoms with Crippen LogP contribution in [-0.4, -0.2) is 5.90 Å². The molecule has 2 rings (SSSR count). The van der Waals surface area contributed by atoms with Crippen LogP contribution in [0.25, 0.3) is 0 Å². The Morgan fingerprint density at radius 2 is 2.27 bits per heavy atom. The summed E-state index contributed by atoms with van der Waals surface area (Å²) in [6, 6.07) is 4.34. The Hall–Kier alpha value is -1.38. The smallest absolute Gasteiger partial charge is 0.214 e. The Balaban J connectivity index is 2.60. The number of ether oxygens (including phenoxy) is 1. The molecule has 0 radical (unpaired) electrons. The molecule has 0 aromatic heterocycles. The molecule has 1 N–H and O–H groups in total. The van der Waals surface area contributed by atoms with Gasteiger partial charge in [0.15, 0.2) is 0 Å². The number of hydrogen-bond acceptors (Lipinski definition) is 2. The summed E-state index contributed by atoms with van der Waals surface area (Å²) in [6.45, 7) is 0.397. The maximum absolute atomic E-state index is 12.6. The van der Waals surface area contributed by atoms with Gasteiger partial charge < -0.3 is 4.74 Å². The number of hydrogen-bond donors (Lipinski definition) is 1. The van der Waals surface area contributed by atoms with Gasteiger partial charge in [-0.15, -0.1) is 0 Å². The van der Waals surface area contributed by atoms with Crippen molar-refractivity contribution in [3.63, 3.8) is 0 Å². The van der Waals surface area contributed by atoms with Crippen LogP contribution in [0.5, 0.6) is 0 Å². The van der Waals surface area contributed by atoms with Crippen LogP contribution in [0.15, 0.2) is 18.2 Å². The number of halogens is 1. The van der Waals surface area contributed by atoms with Gasteiger partial charge in [-0.3, -0.25) is 5.41 Å². The second-order valence-electron chi connectivity index (χ2n) is 2.42. The van der Waals surface area contributed by atoms with Crippen molar-refractivity contribution in [3.05, 3.63) is 35.1 Å². The lowest BCUT2D eigenvalue weighted by molar-refractivity contribution is 0.310. The van der Waals surface area contributed by atoms with E-state index in [0.29, 0.717) is 12.2 Å². The van der Waals surface area contributed by atoms with Crippen LogP contribution in [0.3, 0.4) is 0 Å². The van der Waals surface area contributed by atoms with Gasteiger partial charge in [0.1, 0.15) is 12.4 Å². The van der Waals surface area contributed by atoms with Crippen molar-refractivity contribution in [2.75, 3.05) is 0 Å². The molecule has 0 bridgehead atoms. The molecule has 0 spiro atoms. The highest BCUT2D eigenvalue weighted by Gasteiger charge is 2.17. The van der Waals surface area contributed by atoms with E-state index in [1.165, 1.54) is 12.1 Å². The molecule has 1 aromatic rings. The van der Waals surface area contributed by atoms with E-state index in [9.17, 15) is 4.39 Å². The molecular weight excluding hydrogens is 145 g/mol. The molecular formula is C8H6FNO. The van der Waals surface area contributed by atoms with Gasteiger partial charge in [0.05, 0.1) is 0 Å². The SMILES string of the molecule is N=C1OCc2ccc(F)cc21. The lowest BCUT2D eigenvalue weighted by atomic mass is 10.1. The molecule has 1 aliphatic heterocycles. The maximum atomic E-state index is 12.6. The zero-order chi connectivity index (χ0) is 7.84. The molecule has 1 aliphatic rings. The quantitative estimate of drug-likeness (QED) is 0.601. The van der Waals surface area contributed by atoms with E-state index in [2.05, 4.69) is 0 Å². The van der Waals surface area contributed by atoms with Crippen molar-refractivity contribution < 1.29 is 9.13 Å². The Morgan fingerprint density at radius 1 is 1.45 bits per heavy atom. The zero-order valence-electron chi connectivity index (χ0n) is 5.73. The van der Waals surface area contributed by atoms with Crippen molar-refractivity contribution in [1.82, 2.24) is 0 Å². The minimum absolute atomic E-state index is 0.0690.